The second-order valence-corrected chi connectivity index (χ2v) is 5.16. The van der Waals surface area contributed by atoms with E-state index in [1.807, 2.05) is 13.1 Å². The van der Waals surface area contributed by atoms with Crippen LogP contribution in [0.25, 0.3) is 0 Å². The number of ether oxygens (including phenoxy) is 1. The number of hydrogen-bond acceptors (Lipinski definition) is 4. The predicted octanol–water partition coefficient (Wildman–Crippen LogP) is 1.48. The summed E-state index contributed by atoms with van der Waals surface area (Å²) in [5.74, 6) is 1.71. The van der Waals surface area contributed by atoms with Crippen LogP contribution in [0.2, 0.25) is 0 Å². The van der Waals surface area contributed by atoms with E-state index in [1.54, 1.807) is 0 Å². The summed E-state index contributed by atoms with van der Waals surface area (Å²) in [5.41, 5.74) is 5.80. The van der Waals surface area contributed by atoms with Crippen molar-refractivity contribution in [1.82, 2.24) is 9.55 Å². The number of rotatable bonds is 7. The molecule has 1 aromatic rings. The van der Waals surface area contributed by atoms with Gasteiger partial charge >= 0.3 is 0 Å². The van der Waals surface area contributed by atoms with Gasteiger partial charge in [0.15, 0.2) is 0 Å². The average Bonchev–Trinajstić information content (AvgIpc) is 2.92. The SMILES string of the molecule is CCOCCCn1ccnc1N1CCCC(CN)C1. The highest BCUT2D eigenvalue weighted by atomic mass is 16.5. The molecule has 5 nitrogen and oxygen atoms in total. The van der Waals surface area contributed by atoms with Gasteiger partial charge in [-0.05, 0) is 38.6 Å². The Kier molecular flexibility index (Phi) is 5.66. The Balaban J connectivity index is 1.90. The third kappa shape index (κ3) is 3.94. The number of anilines is 1. The lowest BCUT2D eigenvalue weighted by molar-refractivity contribution is 0.141. The molecule has 0 aromatic carbocycles. The van der Waals surface area contributed by atoms with E-state index >= 15 is 0 Å². The van der Waals surface area contributed by atoms with Crippen molar-refractivity contribution in [3.8, 4) is 0 Å². The molecule has 0 amide bonds. The van der Waals surface area contributed by atoms with E-state index in [4.69, 9.17) is 10.5 Å². The summed E-state index contributed by atoms with van der Waals surface area (Å²) in [6.07, 6.45) is 7.45. The first kappa shape index (κ1) is 14.3. The van der Waals surface area contributed by atoms with Crippen LogP contribution >= 0.6 is 0 Å². The Morgan fingerprint density at radius 1 is 1.53 bits per heavy atom. The molecule has 1 aliphatic heterocycles. The van der Waals surface area contributed by atoms with Crippen molar-refractivity contribution >= 4 is 5.95 Å². The van der Waals surface area contributed by atoms with Gasteiger partial charge in [0.1, 0.15) is 0 Å². The van der Waals surface area contributed by atoms with Gasteiger partial charge in [0, 0.05) is 45.2 Å². The number of imidazole rings is 1. The fourth-order valence-corrected chi connectivity index (χ4v) is 2.68. The molecule has 2 heterocycles. The summed E-state index contributed by atoms with van der Waals surface area (Å²) >= 11 is 0. The molecule has 108 valence electrons. The maximum atomic E-state index is 5.80. The van der Waals surface area contributed by atoms with Crippen LogP contribution in [-0.2, 0) is 11.3 Å². The molecule has 1 saturated heterocycles. The minimum Gasteiger partial charge on any atom is -0.382 e. The van der Waals surface area contributed by atoms with Gasteiger partial charge in [-0.3, -0.25) is 0 Å². The standard InChI is InChI=1S/C14H26N4O/c1-2-19-10-4-8-17-9-6-16-14(17)18-7-3-5-13(11-15)12-18/h6,9,13H,2-5,7-8,10-12,15H2,1H3. The molecule has 0 radical (unpaired) electrons. The van der Waals surface area contributed by atoms with Gasteiger partial charge in [0.2, 0.25) is 5.95 Å². The van der Waals surface area contributed by atoms with Crippen molar-refractivity contribution in [1.29, 1.82) is 0 Å². The molecule has 0 aliphatic carbocycles. The monoisotopic (exact) mass is 266 g/mol. The highest BCUT2D eigenvalue weighted by Gasteiger charge is 2.21. The molecule has 1 unspecified atom stereocenters. The van der Waals surface area contributed by atoms with E-state index in [9.17, 15) is 0 Å². The van der Waals surface area contributed by atoms with E-state index in [0.29, 0.717) is 5.92 Å². The van der Waals surface area contributed by atoms with Crippen molar-refractivity contribution in [3.05, 3.63) is 12.4 Å². The number of aromatic nitrogens is 2. The zero-order chi connectivity index (χ0) is 13.5. The fraction of sp³-hybridized carbons (Fsp3) is 0.786. The van der Waals surface area contributed by atoms with Crippen LogP contribution in [0.15, 0.2) is 12.4 Å². The van der Waals surface area contributed by atoms with Crippen molar-refractivity contribution in [3.63, 3.8) is 0 Å². The lowest BCUT2D eigenvalue weighted by atomic mass is 9.99. The summed E-state index contributed by atoms with van der Waals surface area (Å²) in [4.78, 5) is 6.89. The highest BCUT2D eigenvalue weighted by Crippen LogP contribution is 2.21. The molecule has 0 saturated carbocycles. The smallest absolute Gasteiger partial charge is 0.205 e. The van der Waals surface area contributed by atoms with E-state index in [1.165, 1.54) is 12.8 Å². The van der Waals surface area contributed by atoms with E-state index in [-0.39, 0.29) is 0 Å². The van der Waals surface area contributed by atoms with Crippen molar-refractivity contribution in [2.75, 3.05) is 37.7 Å². The van der Waals surface area contributed by atoms with Gasteiger partial charge in [0.05, 0.1) is 0 Å². The molecule has 0 bridgehead atoms. The molecular weight excluding hydrogens is 240 g/mol. The summed E-state index contributed by atoms with van der Waals surface area (Å²) in [5, 5.41) is 0. The Morgan fingerprint density at radius 3 is 3.21 bits per heavy atom. The van der Waals surface area contributed by atoms with Gasteiger partial charge in [-0.25, -0.2) is 4.98 Å². The summed E-state index contributed by atoms with van der Waals surface area (Å²) < 4.78 is 7.62. The quantitative estimate of drug-likeness (QED) is 0.760. The highest BCUT2D eigenvalue weighted by molar-refractivity contribution is 5.32. The van der Waals surface area contributed by atoms with Crippen LogP contribution in [0, 0.1) is 5.92 Å². The van der Waals surface area contributed by atoms with Gasteiger partial charge in [-0.15, -0.1) is 0 Å². The number of nitrogens with two attached hydrogens (primary N) is 1. The largest absolute Gasteiger partial charge is 0.382 e. The van der Waals surface area contributed by atoms with Crippen LogP contribution in [0.1, 0.15) is 26.2 Å². The average molecular weight is 266 g/mol. The molecule has 1 aromatic heterocycles. The Morgan fingerprint density at radius 2 is 2.42 bits per heavy atom. The van der Waals surface area contributed by atoms with Crippen LogP contribution < -0.4 is 10.6 Å². The molecule has 2 N–H and O–H groups in total. The van der Waals surface area contributed by atoms with Crippen LogP contribution in [0.4, 0.5) is 5.95 Å². The zero-order valence-corrected chi connectivity index (χ0v) is 11.9. The Hall–Kier alpha value is -1.07. The first-order valence-corrected chi connectivity index (χ1v) is 7.39. The van der Waals surface area contributed by atoms with Crippen molar-refractivity contribution < 1.29 is 4.74 Å². The number of piperidine rings is 1. The predicted molar refractivity (Wildman–Crippen MR) is 77.3 cm³/mol. The number of hydrogen-bond donors (Lipinski definition) is 1. The van der Waals surface area contributed by atoms with Crippen molar-refractivity contribution in [2.24, 2.45) is 11.7 Å². The van der Waals surface area contributed by atoms with Gasteiger partial charge in [0.25, 0.3) is 0 Å². The lowest BCUT2D eigenvalue weighted by Crippen LogP contribution is -2.39. The molecule has 0 spiro atoms. The molecule has 1 atom stereocenters. The maximum Gasteiger partial charge on any atom is 0.205 e. The Bertz CT molecular complexity index is 366. The van der Waals surface area contributed by atoms with Gasteiger partial charge in [-0.2, -0.15) is 0 Å². The molecular formula is C14H26N4O. The minimum absolute atomic E-state index is 0.613. The first-order chi connectivity index (χ1) is 9.35. The number of aryl methyl sites for hydroxylation is 1. The number of nitrogens with zero attached hydrogens (tertiary/aromatic N) is 3. The zero-order valence-electron chi connectivity index (χ0n) is 11.9. The third-order valence-electron chi connectivity index (χ3n) is 3.72. The summed E-state index contributed by atoms with van der Waals surface area (Å²) in [6.45, 7) is 7.53. The maximum absolute atomic E-state index is 5.80. The normalized spacial score (nSPS) is 19.9. The summed E-state index contributed by atoms with van der Waals surface area (Å²) in [7, 11) is 0. The second kappa shape index (κ2) is 7.50. The van der Waals surface area contributed by atoms with Crippen LogP contribution in [0.5, 0.6) is 0 Å². The van der Waals surface area contributed by atoms with Crippen LogP contribution in [-0.4, -0.2) is 42.4 Å². The fourth-order valence-electron chi connectivity index (χ4n) is 2.68. The first-order valence-electron chi connectivity index (χ1n) is 7.39. The second-order valence-electron chi connectivity index (χ2n) is 5.16. The molecule has 19 heavy (non-hydrogen) atoms. The van der Waals surface area contributed by atoms with Crippen molar-refractivity contribution in [2.45, 2.75) is 32.7 Å². The minimum atomic E-state index is 0.613. The topological polar surface area (TPSA) is 56.3 Å². The Labute approximate surface area is 115 Å². The third-order valence-corrected chi connectivity index (χ3v) is 3.72. The molecule has 1 fully saturated rings. The lowest BCUT2D eigenvalue weighted by Gasteiger charge is -2.33. The van der Waals surface area contributed by atoms with E-state index in [2.05, 4.69) is 20.6 Å². The van der Waals surface area contributed by atoms with Crippen LogP contribution in [0.3, 0.4) is 0 Å². The molecule has 5 heteroatoms. The van der Waals surface area contributed by atoms with E-state index < -0.39 is 0 Å². The molecule has 1 aliphatic rings. The molecule has 2 rings (SSSR count). The van der Waals surface area contributed by atoms with Gasteiger partial charge < -0.3 is 19.9 Å². The summed E-state index contributed by atoms with van der Waals surface area (Å²) in [6, 6.07) is 0. The van der Waals surface area contributed by atoms with E-state index in [0.717, 1.165) is 51.8 Å². The van der Waals surface area contributed by atoms with Gasteiger partial charge in [-0.1, -0.05) is 0 Å².